The molecule has 7 heteroatoms. The third kappa shape index (κ3) is 5.96. The molecular formula is C20H23ClN2O4. The van der Waals surface area contributed by atoms with E-state index in [1.807, 2.05) is 18.2 Å². The second-order valence-corrected chi connectivity index (χ2v) is 7.36. The molecule has 0 unspecified atom stereocenters. The Morgan fingerprint density at radius 3 is 2.56 bits per heavy atom. The van der Waals surface area contributed by atoms with Crippen LogP contribution in [0, 0.1) is 0 Å². The monoisotopic (exact) mass is 390 g/mol. The number of carbonyl (C=O) groups is 2. The lowest BCUT2D eigenvalue weighted by Crippen LogP contribution is -2.32. The van der Waals surface area contributed by atoms with Crippen molar-refractivity contribution in [1.82, 2.24) is 4.98 Å². The molecule has 1 heterocycles. The summed E-state index contributed by atoms with van der Waals surface area (Å²) in [5.74, 6) is -0.534. The van der Waals surface area contributed by atoms with Gasteiger partial charge in [-0.1, -0.05) is 50.6 Å². The van der Waals surface area contributed by atoms with E-state index in [4.69, 9.17) is 21.1 Å². The summed E-state index contributed by atoms with van der Waals surface area (Å²) in [6.07, 6.45) is 0.504. The number of aromatic nitrogens is 1. The van der Waals surface area contributed by atoms with Crippen molar-refractivity contribution in [3.05, 3.63) is 53.3 Å². The molecule has 1 aromatic heterocycles. The highest BCUT2D eigenvalue weighted by atomic mass is 35.5. The molecular weight excluding hydrogens is 368 g/mol. The van der Waals surface area contributed by atoms with Crippen LogP contribution in [0.15, 0.2) is 42.6 Å². The molecule has 1 N–H and O–H groups in total. The predicted molar refractivity (Wildman–Crippen MR) is 104 cm³/mol. The highest BCUT2D eigenvalue weighted by Crippen LogP contribution is 2.30. The number of esters is 1. The fourth-order valence-corrected chi connectivity index (χ4v) is 2.51. The zero-order valence-corrected chi connectivity index (χ0v) is 16.5. The number of ether oxygens (including phenoxy) is 2. The molecule has 0 aliphatic heterocycles. The van der Waals surface area contributed by atoms with Crippen LogP contribution in [-0.4, -0.2) is 29.6 Å². The molecule has 0 saturated heterocycles. The molecule has 1 aromatic carbocycles. The molecule has 0 saturated carbocycles. The number of nitrogens with one attached hydrogen (secondary N) is 1. The highest BCUT2D eigenvalue weighted by Gasteiger charge is 2.21. The Hall–Kier alpha value is -2.60. The van der Waals surface area contributed by atoms with Crippen LogP contribution in [0.4, 0.5) is 5.69 Å². The quantitative estimate of drug-likeness (QED) is 0.596. The molecule has 0 aliphatic carbocycles. The van der Waals surface area contributed by atoms with Gasteiger partial charge in [-0.05, 0) is 36.1 Å². The Kier molecular flexibility index (Phi) is 6.80. The van der Waals surface area contributed by atoms with Crippen molar-refractivity contribution >= 4 is 29.2 Å². The maximum atomic E-state index is 12.1. The summed E-state index contributed by atoms with van der Waals surface area (Å²) in [6, 6.07) is 10.8. The first-order valence-corrected chi connectivity index (χ1v) is 8.89. The second-order valence-electron chi connectivity index (χ2n) is 7.00. The number of rotatable bonds is 6. The van der Waals surface area contributed by atoms with Crippen molar-refractivity contribution < 1.29 is 19.1 Å². The molecule has 27 heavy (non-hydrogen) atoms. The lowest BCUT2D eigenvalue weighted by atomic mass is 9.86. The third-order valence-corrected chi connectivity index (χ3v) is 4.04. The van der Waals surface area contributed by atoms with Crippen LogP contribution >= 0.6 is 11.6 Å². The van der Waals surface area contributed by atoms with Crippen molar-refractivity contribution in [2.45, 2.75) is 39.2 Å². The predicted octanol–water partition coefficient (Wildman–Crippen LogP) is 3.98. The van der Waals surface area contributed by atoms with E-state index in [1.165, 1.54) is 13.1 Å². The number of carbonyl (C=O) groups excluding carboxylic acids is 2. The average Bonchev–Trinajstić information content (AvgIpc) is 2.61. The van der Waals surface area contributed by atoms with Gasteiger partial charge in [-0.15, -0.1) is 0 Å². The van der Waals surface area contributed by atoms with E-state index in [0.29, 0.717) is 11.4 Å². The number of halogens is 1. The summed E-state index contributed by atoms with van der Waals surface area (Å²) in [6.45, 7) is 7.36. The van der Waals surface area contributed by atoms with E-state index in [9.17, 15) is 9.59 Å². The summed E-state index contributed by atoms with van der Waals surface area (Å²) in [5.41, 5.74) is 1.20. The molecule has 0 aliphatic rings. The number of benzene rings is 1. The molecule has 144 valence electrons. The minimum Gasteiger partial charge on any atom is -0.482 e. The number of hydrogen-bond acceptors (Lipinski definition) is 5. The Morgan fingerprint density at radius 2 is 1.89 bits per heavy atom. The van der Waals surface area contributed by atoms with Gasteiger partial charge in [0, 0.05) is 6.20 Å². The van der Waals surface area contributed by atoms with Crippen LogP contribution in [-0.2, 0) is 19.7 Å². The van der Waals surface area contributed by atoms with Crippen molar-refractivity contribution in [3.8, 4) is 5.75 Å². The molecule has 6 nitrogen and oxygen atoms in total. The molecule has 2 rings (SSSR count). The lowest BCUT2D eigenvalue weighted by Gasteiger charge is -2.22. The van der Waals surface area contributed by atoms with Crippen LogP contribution in [0.1, 0.15) is 33.3 Å². The highest BCUT2D eigenvalue weighted by molar-refractivity contribution is 6.32. The van der Waals surface area contributed by atoms with Crippen molar-refractivity contribution in [3.63, 3.8) is 0 Å². The molecule has 1 atom stereocenters. The van der Waals surface area contributed by atoms with E-state index < -0.39 is 18.0 Å². The number of amides is 1. The van der Waals surface area contributed by atoms with Gasteiger partial charge in [-0.3, -0.25) is 4.79 Å². The summed E-state index contributed by atoms with van der Waals surface area (Å²) >= 11 is 5.89. The molecule has 1 amide bonds. The zero-order chi connectivity index (χ0) is 20.0. The fraction of sp³-hybridized carbons (Fsp3) is 0.350. The first kappa shape index (κ1) is 20.7. The number of pyridine rings is 1. The van der Waals surface area contributed by atoms with Gasteiger partial charge in [-0.2, -0.15) is 0 Å². The topological polar surface area (TPSA) is 77.5 Å². The van der Waals surface area contributed by atoms with Gasteiger partial charge in [0.2, 0.25) is 0 Å². The first-order valence-electron chi connectivity index (χ1n) is 8.51. The van der Waals surface area contributed by atoms with Gasteiger partial charge in [0.05, 0.1) is 5.69 Å². The molecule has 0 spiro atoms. The maximum Gasteiger partial charge on any atom is 0.344 e. The van der Waals surface area contributed by atoms with E-state index in [1.54, 1.807) is 18.2 Å². The van der Waals surface area contributed by atoms with Crippen molar-refractivity contribution in [2.24, 2.45) is 0 Å². The van der Waals surface area contributed by atoms with Gasteiger partial charge in [-0.25, -0.2) is 9.78 Å². The number of para-hydroxylation sites is 1. The summed E-state index contributed by atoms with van der Waals surface area (Å²) in [7, 11) is 0. The average molecular weight is 391 g/mol. The summed E-state index contributed by atoms with van der Waals surface area (Å²) in [4.78, 5) is 28.1. The minimum absolute atomic E-state index is 0.128. The molecule has 0 radical (unpaired) electrons. The largest absolute Gasteiger partial charge is 0.482 e. The zero-order valence-electron chi connectivity index (χ0n) is 15.8. The van der Waals surface area contributed by atoms with E-state index in [-0.39, 0.29) is 17.2 Å². The summed E-state index contributed by atoms with van der Waals surface area (Å²) < 4.78 is 10.7. The van der Waals surface area contributed by atoms with Crippen LogP contribution in [0.25, 0.3) is 0 Å². The maximum absolute atomic E-state index is 12.1. The first-order chi connectivity index (χ1) is 12.7. The second kappa shape index (κ2) is 8.86. The van der Waals surface area contributed by atoms with Gasteiger partial charge in [0.1, 0.15) is 5.75 Å². The van der Waals surface area contributed by atoms with Crippen molar-refractivity contribution in [2.75, 3.05) is 11.9 Å². The lowest BCUT2D eigenvalue weighted by molar-refractivity contribution is -0.155. The molecule has 0 fully saturated rings. The Balaban J connectivity index is 1.91. The smallest absolute Gasteiger partial charge is 0.344 e. The van der Waals surface area contributed by atoms with Crippen LogP contribution < -0.4 is 10.1 Å². The third-order valence-electron chi connectivity index (χ3n) is 3.74. The standard InChI is InChI=1S/C20H23ClN2O4/c1-13(19(25)23-15-9-7-11-22-18(15)21)27-17(24)12-26-16-10-6-5-8-14(16)20(2,3)4/h5-11,13H,12H2,1-4H3,(H,23,25)/t13-/m0/s1. The van der Waals surface area contributed by atoms with Gasteiger partial charge < -0.3 is 14.8 Å². The fourth-order valence-electron chi connectivity index (χ4n) is 2.35. The minimum atomic E-state index is -1.00. The van der Waals surface area contributed by atoms with Gasteiger partial charge in [0.25, 0.3) is 5.91 Å². The van der Waals surface area contributed by atoms with Crippen LogP contribution in [0.3, 0.4) is 0 Å². The van der Waals surface area contributed by atoms with Crippen LogP contribution in [0.2, 0.25) is 5.15 Å². The number of nitrogens with zero attached hydrogens (tertiary/aromatic N) is 1. The number of hydrogen-bond donors (Lipinski definition) is 1. The van der Waals surface area contributed by atoms with E-state index in [2.05, 4.69) is 31.1 Å². The van der Waals surface area contributed by atoms with E-state index >= 15 is 0 Å². The Morgan fingerprint density at radius 1 is 1.19 bits per heavy atom. The SMILES string of the molecule is C[C@H](OC(=O)COc1ccccc1C(C)(C)C)C(=O)Nc1cccnc1Cl. The normalized spacial score (nSPS) is 12.2. The molecule has 2 aromatic rings. The van der Waals surface area contributed by atoms with E-state index in [0.717, 1.165) is 5.56 Å². The Labute approximate surface area is 163 Å². The van der Waals surface area contributed by atoms with Gasteiger partial charge in [0.15, 0.2) is 17.9 Å². The Bertz CT molecular complexity index is 818. The van der Waals surface area contributed by atoms with Crippen molar-refractivity contribution in [1.29, 1.82) is 0 Å². The summed E-state index contributed by atoms with van der Waals surface area (Å²) in [5, 5.41) is 2.73. The number of anilines is 1. The van der Waals surface area contributed by atoms with Crippen LogP contribution in [0.5, 0.6) is 5.75 Å². The molecule has 0 bridgehead atoms. The van der Waals surface area contributed by atoms with Gasteiger partial charge >= 0.3 is 5.97 Å².